The van der Waals surface area contributed by atoms with E-state index in [1.165, 1.54) is 25.9 Å². The molecule has 1 atom stereocenters. The molecule has 0 radical (unpaired) electrons. The van der Waals surface area contributed by atoms with Crippen molar-refractivity contribution in [3.8, 4) is 0 Å². The van der Waals surface area contributed by atoms with E-state index in [4.69, 9.17) is 23.2 Å². The Balaban J connectivity index is 0.000000963. The SMILES string of the molecule is Clc1nsnc1[C@]1(Cl)C[NH+]2CCC1CC2.[Cl-]. The molecule has 1 N–H and O–H groups in total. The lowest BCUT2D eigenvalue weighted by Gasteiger charge is -2.46. The molecule has 16 heavy (non-hydrogen) atoms. The molecule has 90 valence electrons. The zero-order valence-electron chi connectivity index (χ0n) is 8.55. The number of alkyl halides is 1. The predicted molar refractivity (Wildman–Crippen MR) is 60.7 cm³/mol. The lowest BCUT2D eigenvalue weighted by molar-refractivity contribution is -0.920. The van der Waals surface area contributed by atoms with Gasteiger partial charge < -0.3 is 17.3 Å². The molecule has 3 fully saturated rings. The Morgan fingerprint density at radius 3 is 2.44 bits per heavy atom. The van der Waals surface area contributed by atoms with Crippen LogP contribution in [0.3, 0.4) is 0 Å². The molecule has 4 heterocycles. The fraction of sp³-hybridized carbons (Fsp3) is 0.778. The van der Waals surface area contributed by atoms with Gasteiger partial charge in [0.1, 0.15) is 17.1 Å². The van der Waals surface area contributed by atoms with Gasteiger partial charge in [-0.15, -0.1) is 11.6 Å². The minimum absolute atomic E-state index is 0. The molecule has 0 aliphatic carbocycles. The van der Waals surface area contributed by atoms with Crippen LogP contribution < -0.4 is 17.3 Å². The minimum Gasteiger partial charge on any atom is -1.00 e. The van der Waals surface area contributed by atoms with E-state index in [0.29, 0.717) is 11.1 Å². The molecule has 3 nitrogen and oxygen atoms in total. The van der Waals surface area contributed by atoms with Crippen LogP contribution in [-0.4, -0.2) is 28.4 Å². The van der Waals surface area contributed by atoms with Crippen LogP contribution in [0.15, 0.2) is 0 Å². The summed E-state index contributed by atoms with van der Waals surface area (Å²) >= 11 is 13.9. The summed E-state index contributed by atoms with van der Waals surface area (Å²) in [4.78, 5) is 1.23. The number of hydrogen-bond donors (Lipinski definition) is 1. The van der Waals surface area contributed by atoms with Crippen LogP contribution in [0, 0.1) is 5.92 Å². The molecule has 0 aromatic carbocycles. The third-order valence-corrected chi connectivity index (χ3v) is 5.20. The molecular weight excluding hydrogens is 289 g/mol. The van der Waals surface area contributed by atoms with E-state index in [9.17, 15) is 0 Å². The van der Waals surface area contributed by atoms with E-state index in [0.717, 1.165) is 24.0 Å². The van der Waals surface area contributed by atoms with Crippen molar-refractivity contribution in [1.82, 2.24) is 8.75 Å². The summed E-state index contributed by atoms with van der Waals surface area (Å²) in [5, 5.41) is 0.503. The number of aromatic nitrogens is 2. The normalized spacial score (nSPS) is 37.1. The van der Waals surface area contributed by atoms with Crippen molar-refractivity contribution in [3.05, 3.63) is 10.8 Å². The van der Waals surface area contributed by atoms with Gasteiger partial charge in [0.05, 0.1) is 24.8 Å². The second-order valence-electron chi connectivity index (χ2n) is 4.47. The Labute approximate surface area is 115 Å². The summed E-state index contributed by atoms with van der Waals surface area (Å²) in [6, 6.07) is 0. The van der Waals surface area contributed by atoms with Gasteiger partial charge in [0.2, 0.25) is 0 Å². The lowest BCUT2D eigenvalue weighted by Crippen LogP contribution is -3.17. The standard InChI is InChI=1S/C9H11Cl2N3S.ClH/c10-8-7(12-15-13-8)9(11)5-14-3-1-6(9)2-4-14;/h6H,1-5H2;1H/t9-;/m0./s1. The van der Waals surface area contributed by atoms with Crippen LogP contribution >= 0.6 is 34.9 Å². The van der Waals surface area contributed by atoms with Crippen molar-refractivity contribution in [1.29, 1.82) is 0 Å². The summed E-state index contributed by atoms with van der Waals surface area (Å²) in [6.45, 7) is 3.44. The first-order valence-electron chi connectivity index (χ1n) is 5.21. The predicted octanol–water partition coefficient (Wildman–Crippen LogP) is -2.06. The highest BCUT2D eigenvalue weighted by atomic mass is 35.5. The number of hydrogen-bond acceptors (Lipinski definition) is 3. The summed E-state index contributed by atoms with van der Waals surface area (Å²) in [5.74, 6) is 0.526. The number of nitrogens with zero attached hydrogens (tertiary/aromatic N) is 2. The maximum absolute atomic E-state index is 6.74. The van der Waals surface area contributed by atoms with Crippen LogP contribution in [-0.2, 0) is 4.87 Å². The highest BCUT2D eigenvalue weighted by Gasteiger charge is 2.52. The molecular formula is C9H12Cl3N3S. The molecule has 1 aromatic heterocycles. The van der Waals surface area contributed by atoms with Gasteiger partial charge in [0, 0.05) is 18.8 Å². The largest absolute Gasteiger partial charge is 1.00 e. The molecule has 0 saturated carbocycles. The summed E-state index contributed by atoms with van der Waals surface area (Å²) in [5.41, 5.74) is 0.817. The van der Waals surface area contributed by atoms with Crippen molar-refractivity contribution in [3.63, 3.8) is 0 Å². The van der Waals surface area contributed by atoms with Gasteiger partial charge in [-0.25, -0.2) is 0 Å². The monoisotopic (exact) mass is 299 g/mol. The number of piperidine rings is 3. The number of halogens is 3. The Morgan fingerprint density at radius 1 is 1.31 bits per heavy atom. The average Bonchev–Trinajstić information content (AvgIpc) is 2.66. The molecule has 1 aromatic rings. The second kappa shape index (κ2) is 4.58. The zero-order valence-corrected chi connectivity index (χ0v) is 11.6. The van der Waals surface area contributed by atoms with E-state index in [1.807, 2.05) is 0 Å². The Bertz CT molecular complexity index is 378. The molecule has 0 spiro atoms. The smallest absolute Gasteiger partial charge is 0.168 e. The summed E-state index contributed by atoms with van der Waals surface area (Å²) < 4.78 is 8.31. The van der Waals surface area contributed by atoms with E-state index in [1.54, 1.807) is 4.90 Å². The molecule has 7 heteroatoms. The maximum atomic E-state index is 6.74. The molecule has 0 unspecified atom stereocenters. The highest BCUT2D eigenvalue weighted by molar-refractivity contribution is 6.99. The molecule has 3 aliphatic rings. The van der Waals surface area contributed by atoms with Gasteiger partial charge in [-0.2, -0.15) is 8.75 Å². The van der Waals surface area contributed by atoms with Gasteiger partial charge in [-0.05, 0) is 0 Å². The van der Waals surface area contributed by atoms with Crippen molar-refractivity contribution in [2.24, 2.45) is 5.92 Å². The number of nitrogens with one attached hydrogen (secondary N) is 1. The number of fused-ring (bicyclic) bond motifs is 3. The van der Waals surface area contributed by atoms with E-state index in [2.05, 4.69) is 8.75 Å². The first kappa shape index (κ1) is 12.8. The Hall–Kier alpha value is 0.390. The lowest BCUT2D eigenvalue weighted by atomic mass is 9.77. The van der Waals surface area contributed by atoms with Crippen molar-refractivity contribution < 1.29 is 17.3 Å². The van der Waals surface area contributed by atoms with Gasteiger partial charge in [0.15, 0.2) is 5.15 Å². The third-order valence-electron chi connectivity index (χ3n) is 3.69. The first-order valence-corrected chi connectivity index (χ1v) is 6.70. The highest BCUT2D eigenvalue weighted by Crippen LogP contribution is 2.44. The number of rotatable bonds is 1. The van der Waals surface area contributed by atoms with Crippen LogP contribution in [0.25, 0.3) is 0 Å². The summed E-state index contributed by atoms with van der Waals surface area (Å²) in [6.07, 6.45) is 2.37. The topological polar surface area (TPSA) is 30.2 Å². The van der Waals surface area contributed by atoms with Crippen LogP contribution in [0.2, 0.25) is 5.15 Å². The van der Waals surface area contributed by atoms with Crippen molar-refractivity contribution in [2.45, 2.75) is 17.7 Å². The van der Waals surface area contributed by atoms with Crippen LogP contribution in [0.1, 0.15) is 18.5 Å². The first-order chi connectivity index (χ1) is 7.20. The van der Waals surface area contributed by atoms with Crippen LogP contribution in [0.4, 0.5) is 0 Å². The molecule has 0 amide bonds. The van der Waals surface area contributed by atoms with E-state index in [-0.39, 0.29) is 17.3 Å². The molecule has 2 bridgehead atoms. The van der Waals surface area contributed by atoms with Crippen molar-refractivity contribution in [2.75, 3.05) is 19.6 Å². The van der Waals surface area contributed by atoms with Gasteiger partial charge in [-0.1, -0.05) is 11.6 Å². The Kier molecular flexibility index (Phi) is 3.67. The molecule has 4 rings (SSSR count). The van der Waals surface area contributed by atoms with Gasteiger partial charge in [0.25, 0.3) is 0 Å². The number of quaternary nitrogens is 1. The summed E-state index contributed by atoms with van der Waals surface area (Å²) in [7, 11) is 0. The minimum atomic E-state index is -0.351. The molecule has 3 aliphatic heterocycles. The average molecular weight is 301 g/mol. The fourth-order valence-electron chi connectivity index (χ4n) is 2.87. The van der Waals surface area contributed by atoms with E-state index < -0.39 is 0 Å². The van der Waals surface area contributed by atoms with Crippen molar-refractivity contribution >= 4 is 34.9 Å². The second-order valence-corrected chi connectivity index (χ2v) is 6.03. The third kappa shape index (κ3) is 1.85. The fourth-order valence-corrected chi connectivity index (χ4v) is 4.39. The quantitative estimate of drug-likeness (QED) is 0.605. The van der Waals surface area contributed by atoms with E-state index >= 15 is 0 Å². The molecule has 3 saturated heterocycles. The van der Waals surface area contributed by atoms with Gasteiger partial charge >= 0.3 is 0 Å². The van der Waals surface area contributed by atoms with Crippen LogP contribution in [0.5, 0.6) is 0 Å². The maximum Gasteiger partial charge on any atom is 0.168 e. The van der Waals surface area contributed by atoms with Gasteiger partial charge in [-0.3, -0.25) is 0 Å². The zero-order chi connectivity index (χ0) is 10.5. The Morgan fingerprint density at radius 2 is 2.00 bits per heavy atom.